The number of aryl methyl sites for hydroxylation is 2. The first-order valence-corrected chi connectivity index (χ1v) is 30.2. The number of benzene rings is 4. The second-order valence-electron chi connectivity index (χ2n) is 15.1. The number of hydrogen-bond donors (Lipinski definition) is 4. The minimum atomic E-state index is -3.89. The van der Waals surface area contributed by atoms with Gasteiger partial charge >= 0.3 is 11.9 Å². The quantitative estimate of drug-likeness (QED) is 0.0506. The Balaban J connectivity index is 0.000000381. The van der Waals surface area contributed by atoms with Crippen LogP contribution in [0.4, 0.5) is 41.6 Å². The summed E-state index contributed by atoms with van der Waals surface area (Å²) in [5.74, 6) is -1.78. The number of anilines is 5. The summed E-state index contributed by atoms with van der Waals surface area (Å²) >= 11 is 3.11. The molecule has 3 aromatic heterocycles. The third-order valence-electron chi connectivity index (χ3n) is 10.1. The summed E-state index contributed by atoms with van der Waals surface area (Å²) in [6.45, 7) is 8.10. The predicted molar refractivity (Wildman–Crippen MR) is 305 cm³/mol. The molecule has 0 spiro atoms. The summed E-state index contributed by atoms with van der Waals surface area (Å²) in [7, 11) is -2.59. The molecule has 0 radical (unpaired) electrons. The van der Waals surface area contributed by atoms with Crippen molar-refractivity contribution in [2.75, 3.05) is 74.2 Å². The van der Waals surface area contributed by atoms with Crippen molar-refractivity contribution in [2.45, 2.75) is 48.3 Å². The van der Waals surface area contributed by atoms with E-state index < -0.39 is 46.9 Å². The number of hydrogen-bond acceptors (Lipinski definition) is 16. The van der Waals surface area contributed by atoms with Crippen molar-refractivity contribution < 1.29 is 62.3 Å². The first kappa shape index (κ1) is 66.6. The molecule has 5 N–H and O–H groups in total. The first-order valence-electron chi connectivity index (χ1n) is 22.3. The minimum absolute atomic E-state index is 0.00231. The van der Waals surface area contributed by atoms with E-state index in [2.05, 4.69) is 42.1 Å². The summed E-state index contributed by atoms with van der Waals surface area (Å²) in [5, 5.41) is 7.62. The molecular weight excluding hydrogens is 1140 g/mol. The van der Waals surface area contributed by atoms with E-state index in [0.29, 0.717) is 32.9 Å². The van der Waals surface area contributed by atoms with E-state index in [1.165, 1.54) is 61.6 Å². The Hall–Kier alpha value is -6.48. The highest BCUT2D eigenvalue weighted by molar-refractivity contribution is 8.14. The number of nitrogen functional groups attached to an aromatic ring is 1. The van der Waals surface area contributed by atoms with Crippen LogP contribution in [0.3, 0.4) is 0 Å². The van der Waals surface area contributed by atoms with Gasteiger partial charge in [0.25, 0.3) is 35.0 Å². The van der Waals surface area contributed by atoms with Gasteiger partial charge in [0.05, 0.1) is 35.8 Å². The van der Waals surface area contributed by atoms with E-state index in [9.17, 15) is 52.8 Å². The number of sulfonamides is 2. The first-order chi connectivity index (χ1) is 36.7. The summed E-state index contributed by atoms with van der Waals surface area (Å²) in [5.41, 5.74) is 12.1. The fraction of sp³-hybridized carbons (Fsp3) is 0.235. The van der Waals surface area contributed by atoms with Crippen LogP contribution < -0.4 is 25.4 Å². The molecule has 7 aromatic rings. The van der Waals surface area contributed by atoms with Crippen LogP contribution in [0.25, 0.3) is 0 Å². The number of thiophene rings is 3. The second-order valence-corrected chi connectivity index (χ2v) is 23.7. The number of methoxy groups -OCH3 is 2. The lowest BCUT2D eigenvalue weighted by molar-refractivity contribution is 0.0593. The number of nitrogens with two attached hydrogens (primary N) is 1. The van der Waals surface area contributed by atoms with Gasteiger partial charge in [0.15, 0.2) is 0 Å². The molecule has 1 saturated heterocycles. The number of nitrogens with one attached hydrogen (secondary N) is 3. The van der Waals surface area contributed by atoms with Crippen molar-refractivity contribution in [1.29, 1.82) is 0 Å². The van der Waals surface area contributed by atoms with E-state index in [1.54, 1.807) is 60.0 Å². The second kappa shape index (κ2) is 33.0. The van der Waals surface area contributed by atoms with Gasteiger partial charge in [-0.05, 0) is 121 Å². The van der Waals surface area contributed by atoms with Crippen molar-refractivity contribution in [3.8, 4) is 0 Å². The Morgan fingerprint density at radius 3 is 1.34 bits per heavy atom. The summed E-state index contributed by atoms with van der Waals surface area (Å²) in [6, 6.07) is 32.8. The molecule has 0 unspecified atom stereocenters. The lowest BCUT2D eigenvalue weighted by Crippen LogP contribution is -2.22. The number of nitrogens with zero attached hydrogens (tertiary/aromatic N) is 1. The van der Waals surface area contributed by atoms with Gasteiger partial charge < -0.3 is 25.4 Å². The molecule has 1 fully saturated rings. The van der Waals surface area contributed by atoms with Gasteiger partial charge in [0.2, 0.25) is 0 Å². The smallest absolute Gasteiger partial charge is 0.349 e. The summed E-state index contributed by atoms with van der Waals surface area (Å²) < 4.78 is 114. The van der Waals surface area contributed by atoms with Gasteiger partial charge in [-0.25, -0.2) is 34.8 Å². The zero-order chi connectivity index (χ0) is 57.9. The van der Waals surface area contributed by atoms with Crippen LogP contribution in [-0.2, 0) is 38.6 Å². The lowest BCUT2D eigenvalue weighted by atomic mass is 10.0. The highest BCUT2D eigenvalue weighted by Gasteiger charge is 2.28. The monoisotopic (exact) mass is 1200 g/mol. The SMILES string of the molecule is CF.CF.CF.COC(=O)c1sccc1S(=O)(=O)Cl.COC(=O)c1sccc1S(=O)(=O)Nc1ccccc1.Cc1cc(C)c(N2CCCC2)c(C)c1NC(=O)c1sccc1S(=O)(=O)Nc1ccccc1.Nc1ccccc1. The Kier molecular flexibility index (Phi) is 28.5. The number of carbonyl (C=O) groups excluding carboxylic acids is 3. The molecular formula is C51H59ClF3N5O11S6. The number of para-hydroxylation sites is 3. The van der Waals surface area contributed by atoms with Crippen molar-refractivity contribution in [3.05, 3.63) is 163 Å². The number of halogens is 4. The van der Waals surface area contributed by atoms with Gasteiger partial charge in [-0.2, -0.15) is 0 Å². The maximum absolute atomic E-state index is 13.2. The standard InChI is InChI=1S/C24H27N3O3S2.C12H11NO4S2.C6H5ClO4S2.C6H7N.3CH3F/c1-16-15-17(2)22(27-12-7-8-13-27)18(3)21(16)25-24(28)23-20(11-14-31-23)32(29,30)26-19-9-5-4-6-10-19;1-17-12(14)11-10(7-8-18-11)19(15,16)13-9-5-3-2-4-6-9;1-11-6(8)5-4(2-3-12-5)13(7,9)10;7-6-4-2-1-3-5-6;3*1-2/h4-6,9-11,14-15,26H,7-8,12-13H2,1-3H3,(H,25,28);2-8,13H,1H3;2-3H,1H3;1-5H,7H2;3*1H3. The van der Waals surface area contributed by atoms with E-state index in [4.69, 9.17) is 16.4 Å². The molecule has 0 aliphatic carbocycles. The Labute approximate surface area is 464 Å². The van der Waals surface area contributed by atoms with Crippen molar-refractivity contribution in [1.82, 2.24) is 0 Å². The van der Waals surface area contributed by atoms with Crippen LogP contribution in [-0.4, -0.2) is 91.9 Å². The van der Waals surface area contributed by atoms with Gasteiger partial charge in [0, 0.05) is 52.2 Å². The number of rotatable bonds is 12. The highest BCUT2D eigenvalue weighted by atomic mass is 35.7. The molecule has 4 aromatic carbocycles. The van der Waals surface area contributed by atoms with E-state index in [0.717, 1.165) is 75.3 Å². The molecule has 0 atom stereocenters. The fourth-order valence-corrected chi connectivity index (χ4v) is 14.1. The summed E-state index contributed by atoms with van der Waals surface area (Å²) in [6.07, 6.45) is 2.33. The molecule has 418 valence electrons. The van der Waals surface area contributed by atoms with Gasteiger partial charge in [-0.1, -0.05) is 60.7 Å². The third kappa shape index (κ3) is 19.8. The maximum Gasteiger partial charge on any atom is 0.349 e. The van der Waals surface area contributed by atoms with Crippen LogP contribution in [0.2, 0.25) is 0 Å². The van der Waals surface area contributed by atoms with Crippen molar-refractivity contribution in [2.24, 2.45) is 0 Å². The van der Waals surface area contributed by atoms with Gasteiger partial charge in [-0.3, -0.25) is 27.4 Å². The van der Waals surface area contributed by atoms with Gasteiger partial charge in [0.1, 0.15) is 29.3 Å². The average Bonchev–Trinajstić information content (AvgIpc) is 4.29. The summed E-state index contributed by atoms with van der Waals surface area (Å²) in [4.78, 5) is 38.0. The van der Waals surface area contributed by atoms with E-state index >= 15 is 0 Å². The number of amides is 1. The number of carbonyl (C=O) groups is 3. The van der Waals surface area contributed by atoms with Crippen LogP contribution in [0.15, 0.2) is 146 Å². The molecule has 26 heteroatoms. The minimum Gasteiger partial charge on any atom is -0.465 e. The Morgan fingerprint density at radius 1 is 0.571 bits per heavy atom. The molecule has 1 amide bonds. The molecule has 8 rings (SSSR count). The third-order valence-corrected chi connectivity index (χ3v) is 17.4. The van der Waals surface area contributed by atoms with Crippen molar-refractivity contribution in [3.63, 3.8) is 0 Å². The molecule has 16 nitrogen and oxygen atoms in total. The van der Waals surface area contributed by atoms with Crippen LogP contribution in [0, 0.1) is 20.8 Å². The topological polar surface area (TPSA) is 237 Å². The maximum atomic E-state index is 13.2. The van der Waals surface area contributed by atoms with E-state index in [-0.39, 0.29) is 29.3 Å². The number of alkyl halides is 3. The largest absolute Gasteiger partial charge is 0.465 e. The fourth-order valence-electron chi connectivity index (χ4n) is 7.01. The zero-order valence-corrected chi connectivity index (χ0v) is 48.7. The van der Waals surface area contributed by atoms with Gasteiger partial charge in [-0.15, -0.1) is 34.0 Å². The van der Waals surface area contributed by atoms with Crippen LogP contribution in [0.1, 0.15) is 58.5 Å². The highest BCUT2D eigenvalue weighted by Crippen LogP contribution is 2.36. The average molecular weight is 1200 g/mol. The Morgan fingerprint density at radius 2 is 0.948 bits per heavy atom. The molecule has 1 aliphatic heterocycles. The number of ether oxygens (including phenoxy) is 2. The van der Waals surface area contributed by atoms with E-state index in [1.807, 2.05) is 50.2 Å². The number of esters is 2. The van der Waals surface area contributed by atoms with Crippen LogP contribution in [0.5, 0.6) is 0 Å². The molecule has 1 aliphatic rings. The normalized spacial score (nSPS) is 11.4. The molecule has 0 saturated carbocycles. The van der Waals surface area contributed by atoms with Crippen molar-refractivity contribution >= 4 is 120 Å². The van der Waals surface area contributed by atoms with Crippen LogP contribution >= 0.6 is 44.7 Å². The predicted octanol–water partition coefficient (Wildman–Crippen LogP) is 12.2. The molecule has 4 heterocycles. The Bertz CT molecular complexity index is 3290. The molecule has 0 bridgehead atoms. The molecule has 77 heavy (non-hydrogen) atoms. The lowest BCUT2D eigenvalue weighted by Gasteiger charge is -2.26. The zero-order valence-electron chi connectivity index (χ0n) is 43.0.